The molecule has 0 bridgehead atoms. The first-order valence-corrected chi connectivity index (χ1v) is 7.84. The van der Waals surface area contributed by atoms with Gasteiger partial charge in [-0.3, -0.25) is 9.59 Å². The van der Waals surface area contributed by atoms with Gasteiger partial charge in [0.2, 0.25) is 11.8 Å². The first-order chi connectivity index (χ1) is 10.3. The summed E-state index contributed by atoms with van der Waals surface area (Å²) in [5, 5.41) is 2.62. The van der Waals surface area contributed by atoms with E-state index in [1.165, 1.54) is 4.90 Å². The van der Waals surface area contributed by atoms with Crippen LogP contribution in [0.1, 0.15) is 54.9 Å². The summed E-state index contributed by atoms with van der Waals surface area (Å²) >= 11 is 0. The second kappa shape index (κ2) is 8.17. The van der Waals surface area contributed by atoms with Crippen LogP contribution in [-0.4, -0.2) is 47.5 Å². The molecule has 0 aromatic rings. The fourth-order valence-corrected chi connectivity index (χ4v) is 1.98. The molecule has 0 rings (SSSR count). The Labute approximate surface area is 138 Å². The van der Waals surface area contributed by atoms with E-state index in [1.54, 1.807) is 20.8 Å². The summed E-state index contributed by atoms with van der Waals surface area (Å²) in [7, 11) is 0. The third kappa shape index (κ3) is 8.42. The third-order valence-corrected chi connectivity index (χ3v) is 2.93. The highest BCUT2D eigenvalue weighted by atomic mass is 16.6. The molecular weight excluding hydrogens is 298 g/mol. The monoisotopic (exact) mass is 329 g/mol. The number of nitrogens with one attached hydrogen (secondary N) is 1. The van der Waals surface area contributed by atoms with E-state index in [2.05, 4.69) is 5.32 Å². The smallest absolute Gasteiger partial charge is 0.408 e. The highest BCUT2D eigenvalue weighted by Gasteiger charge is 2.36. The van der Waals surface area contributed by atoms with Crippen molar-refractivity contribution in [1.82, 2.24) is 10.2 Å². The molecule has 0 fully saturated rings. The van der Waals surface area contributed by atoms with Gasteiger partial charge in [-0.1, -0.05) is 27.7 Å². The van der Waals surface area contributed by atoms with E-state index in [1.807, 2.05) is 27.7 Å². The van der Waals surface area contributed by atoms with E-state index >= 15 is 0 Å². The van der Waals surface area contributed by atoms with Crippen LogP contribution in [0.5, 0.6) is 0 Å². The van der Waals surface area contributed by atoms with Crippen molar-refractivity contribution in [2.45, 2.75) is 66.5 Å². The van der Waals surface area contributed by atoms with Gasteiger partial charge in [-0.2, -0.15) is 0 Å². The quantitative estimate of drug-likeness (QED) is 0.773. The topological polar surface area (TPSA) is 102 Å². The summed E-state index contributed by atoms with van der Waals surface area (Å²) in [6, 6.07) is -0.816. The Kier molecular flexibility index (Phi) is 7.54. The molecule has 0 aromatic carbocycles. The van der Waals surface area contributed by atoms with Gasteiger partial charge in [0.25, 0.3) is 0 Å². The van der Waals surface area contributed by atoms with Gasteiger partial charge in [0.15, 0.2) is 0 Å². The van der Waals surface area contributed by atoms with Crippen LogP contribution >= 0.6 is 0 Å². The Balaban J connectivity index is 5.26. The normalized spacial score (nSPS) is 13.2. The molecular formula is C16H31N3O4. The predicted octanol–water partition coefficient (Wildman–Crippen LogP) is 1.65. The zero-order chi connectivity index (χ0) is 18.4. The average molecular weight is 329 g/mol. The second-order valence-electron chi connectivity index (χ2n) is 7.67. The Bertz CT molecular complexity index is 436. The van der Waals surface area contributed by atoms with E-state index in [0.29, 0.717) is 13.0 Å². The molecule has 0 unspecified atom stereocenters. The van der Waals surface area contributed by atoms with Crippen LogP contribution in [0.15, 0.2) is 0 Å². The summed E-state index contributed by atoms with van der Waals surface area (Å²) in [5.41, 5.74) is 4.01. The maximum atomic E-state index is 12.8. The lowest BCUT2D eigenvalue weighted by molar-refractivity contribution is -0.139. The van der Waals surface area contributed by atoms with Crippen LogP contribution in [-0.2, 0) is 14.3 Å². The predicted molar refractivity (Wildman–Crippen MR) is 88.7 cm³/mol. The first kappa shape index (κ1) is 21.2. The number of ether oxygens (including phenoxy) is 1. The van der Waals surface area contributed by atoms with Crippen LogP contribution in [0, 0.1) is 5.41 Å². The van der Waals surface area contributed by atoms with Crippen molar-refractivity contribution in [3.63, 3.8) is 0 Å². The van der Waals surface area contributed by atoms with E-state index < -0.39 is 29.1 Å². The Morgan fingerprint density at radius 1 is 1.13 bits per heavy atom. The maximum Gasteiger partial charge on any atom is 0.408 e. The van der Waals surface area contributed by atoms with E-state index in [9.17, 15) is 14.4 Å². The SMILES string of the molecule is CCCN(CC(N)=O)C(=O)[C@@H](NC(=O)OC(C)(C)C)C(C)(C)C. The van der Waals surface area contributed by atoms with Crippen molar-refractivity contribution >= 4 is 17.9 Å². The number of carbonyl (C=O) groups excluding carboxylic acids is 3. The summed E-state index contributed by atoms with van der Waals surface area (Å²) in [4.78, 5) is 37.3. The zero-order valence-corrected chi connectivity index (χ0v) is 15.4. The molecule has 3 amide bonds. The Hall–Kier alpha value is -1.79. The number of amides is 3. The lowest BCUT2D eigenvalue weighted by atomic mass is 9.85. The van der Waals surface area contributed by atoms with Crippen LogP contribution in [0.2, 0.25) is 0 Å². The van der Waals surface area contributed by atoms with Gasteiger partial charge >= 0.3 is 6.09 Å². The van der Waals surface area contributed by atoms with Gasteiger partial charge in [-0.25, -0.2) is 4.79 Å². The Morgan fingerprint density at radius 3 is 2.00 bits per heavy atom. The van der Waals surface area contributed by atoms with Crippen LogP contribution in [0.4, 0.5) is 4.79 Å². The highest BCUT2D eigenvalue weighted by Crippen LogP contribution is 2.22. The van der Waals surface area contributed by atoms with Crippen LogP contribution in [0.25, 0.3) is 0 Å². The second-order valence-corrected chi connectivity index (χ2v) is 7.67. The third-order valence-electron chi connectivity index (χ3n) is 2.93. The number of nitrogens with two attached hydrogens (primary N) is 1. The van der Waals surface area contributed by atoms with Gasteiger partial charge in [-0.05, 0) is 32.6 Å². The molecule has 0 aliphatic rings. The van der Waals surface area contributed by atoms with Gasteiger partial charge in [-0.15, -0.1) is 0 Å². The largest absolute Gasteiger partial charge is 0.444 e. The maximum absolute atomic E-state index is 12.8. The van der Waals surface area contributed by atoms with Crippen molar-refractivity contribution in [2.75, 3.05) is 13.1 Å². The molecule has 0 aromatic heterocycles. The molecule has 0 spiro atoms. The average Bonchev–Trinajstić information content (AvgIpc) is 2.30. The van der Waals surface area contributed by atoms with E-state index in [-0.39, 0.29) is 12.5 Å². The molecule has 7 heteroatoms. The number of rotatable bonds is 6. The molecule has 0 saturated carbocycles. The van der Waals surface area contributed by atoms with Crippen molar-refractivity contribution in [1.29, 1.82) is 0 Å². The van der Waals surface area contributed by atoms with Crippen molar-refractivity contribution in [2.24, 2.45) is 11.1 Å². The molecule has 3 N–H and O–H groups in total. The summed E-state index contributed by atoms with van der Waals surface area (Å²) in [6.45, 7) is 12.9. The molecule has 134 valence electrons. The molecule has 0 radical (unpaired) electrons. The molecule has 1 atom stereocenters. The van der Waals surface area contributed by atoms with Crippen LogP contribution in [0.3, 0.4) is 0 Å². The first-order valence-electron chi connectivity index (χ1n) is 7.84. The lowest BCUT2D eigenvalue weighted by Crippen LogP contribution is -2.56. The molecule has 0 saturated heterocycles. The minimum absolute atomic E-state index is 0.171. The highest BCUT2D eigenvalue weighted by molar-refractivity contribution is 5.89. The fraction of sp³-hybridized carbons (Fsp3) is 0.812. The molecule has 23 heavy (non-hydrogen) atoms. The van der Waals surface area contributed by atoms with Crippen LogP contribution < -0.4 is 11.1 Å². The van der Waals surface area contributed by atoms with Gasteiger partial charge < -0.3 is 20.7 Å². The summed E-state index contributed by atoms with van der Waals surface area (Å²) < 4.78 is 5.22. The van der Waals surface area contributed by atoms with Crippen molar-refractivity contribution in [3.8, 4) is 0 Å². The summed E-state index contributed by atoms with van der Waals surface area (Å²) in [6.07, 6.45) is 0.0174. The number of hydrogen-bond donors (Lipinski definition) is 2. The number of hydrogen-bond acceptors (Lipinski definition) is 4. The lowest BCUT2D eigenvalue weighted by Gasteiger charge is -2.35. The molecule has 7 nitrogen and oxygen atoms in total. The zero-order valence-electron chi connectivity index (χ0n) is 15.4. The molecule has 0 heterocycles. The number of primary amides is 1. The minimum atomic E-state index is -0.816. The molecule has 0 aliphatic heterocycles. The number of alkyl carbamates (subject to hydrolysis) is 1. The minimum Gasteiger partial charge on any atom is -0.444 e. The number of nitrogens with zero attached hydrogens (tertiary/aromatic N) is 1. The molecule has 0 aliphatic carbocycles. The standard InChI is InChI=1S/C16H31N3O4/c1-8-9-19(10-11(17)20)13(21)12(15(2,3)4)18-14(22)23-16(5,6)7/h12H,8-10H2,1-7H3,(H2,17,20)(H,18,22)/t12-/m1/s1. The fourth-order valence-electron chi connectivity index (χ4n) is 1.98. The van der Waals surface area contributed by atoms with E-state index in [0.717, 1.165) is 0 Å². The van der Waals surface area contributed by atoms with E-state index in [4.69, 9.17) is 10.5 Å². The van der Waals surface area contributed by atoms with Crippen molar-refractivity contribution in [3.05, 3.63) is 0 Å². The van der Waals surface area contributed by atoms with Gasteiger partial charge in [0, 0.05) is 6.54 Å². The van der Waals surface area contributed by atoms with Gasteiger partial charge in [0.1, 0.15) is 11.6 Å². The van der Waals surface area contributed by atoms with Gasteiger partial charge in [0.05, 0.1) is 6.54 Å². The number of carbonyl (C=O) groups is 3. The van der Waals surface area contributed by atoms with Crippen molar-refractivity contribution < 1.29 is 19.1 Å². The summed E-state index contributed by atoms with van der Waals surface area (Å²) in [5.74, 6) is -0.930. The Morgan fingerprint density at radius 2 is 1.65 bits per heavy atom.